The molecular formula is C38H52BrN3O7. The van der Waals surface area contributed by atoms with Crippen LogP contribution in [0.3, 0.4) is 0 Å². The monoisotopic (exact) mass is 741 g/mol. The van der Waals surface area contributed by atoms with Crippen LogP contribution < -0.4 is 5.32 Å². The van der Waals surface area contributed by atoms with Gasteiger partial charge in [0.05, 0.1) is 12.0 Å². The van der Waals surface area contributed by atoms with Gasteiger partial charge in [0.1, 0.15) is 29.8 Å². The predicted octanol–water partition coefficient (Wildman–Crippen LogP) is 5.20. The van der Waals surface area contributed by atoms with Gasteiger partial charge in [-0.1, -0.05) is 79.2 Å². The molecule has 2 fully saturated rings. The molecule has 3 amide bonds. The van der Waals surface area contributed by atoms with Gasteiger partial charge in [0.15, 0.2) is 0 Å². The molecule has 2 saturated heterocycles. The SMILES string of the molecule is C[C@@H]1NC(=O)CC/C=C\CN(C(C)(C)CC(C)(C)C)C(=O)[C@H]2N(CCCCCO)C(=O)[C@@H]3[C@@H](C(=O)O[C@H]1c1ccccc1)[C@@H]1O[C@@]32C=C1Br. The second-order valence-corrected chi connectivity index (χ2v) is 16.7. The van der Waals surface area contributed by atoms with Crippen molar-refractivity contribution in [2.75, 3.05) is 19.7 Å². The first-order valence-corrected chi connectivity index (χ1v) is 18.4. The molecule has 1 spiro atoms. The minimum atomic E-state index is -1.38. The highest BCUT2D eigenvalue weighted by molar-refractivity contribution is 9.11. The van der Waals surface area contributed by atoms with Gasteiger partial charge in [-0.15, -0.1) is 0 Å². The van der Waals surface area contributed by atoms with Crippen LogP contribution in [0.5, 0.6) is 0 Å². The van der Waals surface area contributed by atoms with Gasteiger partial charge >= 0.3 is 5.97 Å². The summed E-state index contributed by atoms with van der Waals surface area (Å²) < 4.78 is 13.6. The number of nitrogens with zero attached hydrogens (tertiary/aromatic N) is 2. The Morgan fingerprint density at radius 3 is 2.37 bits per heavy atom. The number of carbonyl (C=O) groups is 4. The third kappa shape index (κ3) is 7.54. The van der Waals surface area contributed by atoms with Crippen LogP contribution in [0.1, 0.15) is 91.7 Å². The van der Waals surface area contributed by atoms with E-state index in [1.807, 2.05) is 67.3 Å². The summed E-state index contributed by atoms with van der Waals surface area (Å²) in [5, 5.41) is 12.4. The van der Waals surface area contributed by atoms with Gasteiger partial charge in [-0.2, -0.15) is 0 Å². The summed E-state index contributed by atoms with van der Waals surface area (Å²) in [5.74, 6) is -3.34. The lowest BCUT2D eigenvalue weighted by atomic mass is 9.74. The van der Waals surface area contributed by atoms with Crippen molar-refractivity contribution in [2.24, 2.45) is 17.3 Å². The minimum Gasteiger partial charge on any atom is -0.455 e. The van der Waals surface area contributed by atoms with E-state index < -0.39 is 53.2 Å². The highest BCUT2D eigenvalue weighted by Crippen LogP contribution is 2.59. The summed E-state index contributed by atoms with van der Waals surface area (Å²) in [5.41, 5.74) is -1.40. The fourth-order valence-electron chi connectivity index (χ4n) is 8.47. The fourth-order valence-corrected chi connectivity index (χ4v) is 9.21. The van der Waals surface area contributed by atoms with Gasteiger partial charge in [-0.05, 0) is 69.9 Å². The molecule has 5 bridgehead atoms. The lowest BCUT2D eigenvalue weighted by Gasteiger charge is -2.45. The van der Waals surface area contributed by atoms with Crippen molar-refractivity contribution in [1.82, 2.24) is 15.1 Å². The summed E-state index contributed by atoms with van der Waals surface area (Å²) >= 11 is 3.64. The Morgan fingerprint density at radius 2 is 1.69 bits per heavy atom. The van der Waals surface area contributed by atoms with Gasteiger partial charge < -0.3 is 29.7 Å². The lowest BCUT2D eigenvalue weighted by molar-refractivity contribution is -0.161. The number of halogens is 1. The molecule has 4 aliphatic rings. The topological polar surface area (TPSA) is 125 Å². The maximum atomic E-state index is 15.2. The number of fused-ring (bicyclic) bond motifs is 2. The average Bonchev–Trinajstić information content (AvgIpc) is 3.61. The molecule has 1 aromatic rings. The molecule has 10 nitrogen and oxygen atoms in total. The van der Waals surface area contributed by atoms with E-state index in [0.717, 1.165) is 0 Å². The third-order valence-electron chi connectivity index (χ3n) is 10.2. The molecule has 268 valence electrons. The van der Waals surface area contributed by atoms with Crippen LogP contribution in [0.15, 0.2) is 53.0 Å². The Kier molecular flexibility index (Phi) is 11.2. The first-order chi connectivity index (χ1) is 23.1. The fraction of sp³-hybridized carbons (Fsp3) is 0.632. The molecule has 7 atom stereocenters. The zero-order valence-electron chi connectivity index (χ0n) is 29.6. The first kappa shape index (κ1) is 37.2. The molecule has 4 heterocycles. The summed E-state index contributed by atoms with van der Waals surface area (Å²) in [6.45, 7) is 12.9. The van der Waals surface area contributed by atoms with Crippen molar-refractivity contribution < 1.29 is 33.8 Å². The largest absolute Gasteiger partial charge is 0.455 e. The van der Waals surface area contributed by atoms with Crippen LogP contribution in [0.25, 0.3) is 0 Å². The molecule has 4 aliphatic heterocycles. The summed E-state index contributed by atoms with van der Waals surface area (Å²) in [6, 6.07) is 7.68. The number of amides is 3. The van der Waals surface area contributed by atoms with Crippen LogP contribution in [0, 0.1) is 17.3 Å². The minimum absolute atomic E-state index is 0.0415. The molecule has 0 radical (unpaired) electrons. The number of hydrogen-bond donors (Lipinski definition) is 2. The number of aliphatic hydroxyl groups excluding tert-OH is 1. The highest BCUT2D eigenvalue weighted by atomic mass is 79.9. The van der Waals surface area contributed by atoms with Gasteiger partial charge in [0.25, 0.3) is 0 Å². The molecule has 5 rings (SSSR count). The van der Waals surface area contributed by atoms with Crippen LogP contribution in [-0.2, 0) is 28.7 Å². The van der Waals surface area contributed by atoms with Crippen molar-refractivity contribution in [3.8, 4) is 0 Å². The van der Waals surface area contributed by atoms with Crippen LogP contribution in [0.4, 0.5) is 0 Å². The molecule has 49 heavy (non-hydrogen) atoms. The number of rotatable bonds is 8. The number of ether oxygens (including phenoxy) is 2. The number of cyclic esters (lactones) is 1. The van der Waals surface area contributed by atoms with E-state index in [-0.39, 0.29) is 49.3 Å². The predicted molar refractivity (Wildman–Crippen MR) is 189 cm³/mol. The van der Waals surface area contributed by atoms with Gasteiger partial charge in [-0.25, -0.2) is 0 Å². The van der Waals surface area contributed by atoms with Crippen LogP contribution >= 0.6 is 15.9 Å². The zero-order chi connectivity index (χ0) is 35.7. The van der Waals surface area contributed by atoms with E-state index >= 15 is 4.79 Å². The van der Waals surface area contributed by atoms with Crippen LogP contribution in [0.2, 0.25) is 0 Å². The molecule has 0 unspecified atom stereocenters. The van der Waals surface area contributed by atoms with E-state index in [1.54, 1.807) is 11.8 Å². The van der Waals surface area contributed by atoms with Gasteiger partial charge in [0.2, 0.25) is 17.7 Å². The van der Waals surface area contributed by atoms with Crippen molar-refractivity contribution in [1.29, 1.82) is 0 Å². The Morgan fingerprint density at radius 1 is 0.980 bits per heavy atom. The van der Waals surface area contributed by atoms with Gasteiger partial charge in [-0.3, -0.25) is 19.2 Å². The normalized spacial score (nSPS) is 31.8. The van der Waals surface area contributed by atoms with E-state index in [4.69, 9.17) is 9.47 Å². The molecule has 0 aromatic heterocycles. The average molecular weight is 743 g/mol. The maximum Gasteiger partial charge on any atom is 0.313 e. The van der Waals surface area contributed by atoms with Crippen LogP contribution in [-0.4, -0.2) is 87.6 Å². The number of hydrogen-bond acceptors (Lipinski definition) is 7. The first-order valence-electron chi connectivity index (χ1n) is 17.6. The van der Waals surface area contributed by atoms with E-state index in [1.165, 1.54) is 0 Å². The van der Waals surface area contributed by atoms with E-state index in [0.29, 0.717) is 42.1 Å². The molecule has 11 heteroatoms. The Hall–Kier alpha value is -3.02. The molecular weight excluding hydrogens is 690 g/mol. The molecule has 1 aromatic carbocycles. The smallest absolute Gasteiger partial charge is 0.313 e. The highest BCUT2D eigenvalue weighted by Gasteiger charge is 2.75. The standard InChI is InChI=1S/C38H52BrN3O7/c1-24-30(25-16-10-7-11-17-25)48-35(47)28-29-33(45)41(19-13-9-15-21-43)32(38(29)22-26(39)31(28)49-38)34(46)42(37(5,6)23-36(2,3)4)20-14-8-12-18-27(44)40-24/h7-8,10-11,14,16-17,22,24,28-32,43H,9,12-13,15,18-21,23H2,1-6H3,(H,40,44)/b14-8-/t24-,28+,29-,30+,31+,32+,38-/m0/s1. The number of benzene rings is 1. The number of esters is 1. The quantitative estimate of drug-likeness (QED) is 0.213. The Balaban J connectivity index is 1.62. The van der Waals surface area contributed by atoms with E-state index in [2.05, 4.69) is 42.0 Å². The number of carbonyl (C=O) groups excluding carboxylic acids is 4. The van der Waals surface area contributed by atoms with Gasteiger partial charge in [0, 0.05) is 36.1 Å². The lowest BCUT2D eigenvalue weighted by Crippen LogP contribution is -2.60. The molecule has 0 aliphatic carbocycles. The maximum absolute atomic E-state index is 15.2. The van der Waals surface area contributed by atoms with Crippen molar-refractivity contribution in [3.05, 3.63) is 58.6 Å². The number of allylic oxidation sites excluding steroid dienone is 1. The zero-order valence-corrected chi connectivity index (χ0v) is 31.2. The van der Waals surface area contributed by atoms with E-state index in [9.17, 15) is 19.5 Å². The van der Waals surface area contributed by atoms with Crippen molar-refractivity contribution >= 4 is 39.6 Å². The van der Waals surface area contributed by atoms with Crippen molar-refractivity contribution in [2.45, 2.75) is 115 Å². The second kappa shape index (κ2) is 14.7. The Bertz CT molecular complexity index is 1470. The number of unbranched alkanes of at least 4 members (excludes halogenated alkanes) is 2. The number of aliphatic hydroxyl groups is 1. The summed E-state index contributed by atoms with van der Waals surface area (Å²) in [4.78, 5) is 60.7. The number of nitrogens with one attached hydrogen (secondary N) is 1. The summed E-state index contributed by atoms with van der Waals surface area (Å²) in [7, 11) is 0. The number of likely N-dealkylation sites (tertiary alicyclic amines) is 1. The second-order valence-electron chi connectivity index (χ2n) is 15.8. The molecule has 2 N–H and O–H groups in total. The Labute approximate surface area is 298 Å². The molecule has 0 saturated carbocycles. The summed E-state index contributed by atoms with van der Waals surface area (Å²) in [6.07, 6.45) is 7.28. The third-order valence-corrected chi connectivity index (χ3v) is 10.8. The van der Waals surface area contributed by atoms with Crippen molar-refractivity contribution in [3.63, 3.8) is 0 Å².